The van der Waals surface area contributed by atoms with Gasteiger partial charge < -0.3 is 4.74 Å². The molecule has 0 radical (unpaired) electrons. The van der Waals surface area contributed by atoms with Gasteiger partial charge in [-0.1, -0.05) is 5.16 Å². The molecule has 1 aromatic heterocycles. The number of nitrogens with zero attached hydrogens (tertiary/aromatic N) is 1. The number of oxime groups is 1. The van der Waals surface area contributed by atoms with Crippen molar-refractivity contribution in [1.29, 1.82) is 0 Å². The van der Waals surface area contributed by atoms with Crippen LogP contribution in [0.15, 0.2) is 16.6 Å². The Morgan fingerprint density at radius 2 is 1.95 bits per heavy atom. The predicted molar refractivity (Wildman–Crippen MR) is 79.6 cm³/mol. The first kappa shape index (κ1) is 17.8. The maximum absolute atomic E-state index is 12.1. The van der Waals surface area contributed by atoms with Crippen molar-refractivity contribution in [3.8, 4) is 0 Å². The van der Waals surface area contributed by atoms with E-state index in [0.29, 0.717) is 4.88 Å². The Hall–Kier alpha value is -1.21. The fourth-order valence-electron chi connectivity index (χ4n) is 1.33. The number of hydrogen-bond acceptors (Lipinski definition) is 8. The summed E-state index contributed by atoms with van der Waals surface area (Å²) in [4.78, 5) is 12.3. The first-order valence-corrected chi connectivity index (χ1v) is 8.59. The zero-order chi connectivity index (χ0) is 15.9. The Balaban J connectivity index is 3.03. The highest BCUT2D eigenvalue weighted by Crippen LogP contribution is 2.49. The maximum atomic E-state index is 12.1. The maximum Gasteiger partial charge on any atom is 0.550 e. The molecule has 0 amide bonds. The third-order valence-corrected chi connectivity index (χ3v) is 4.63. The molecule has 0 fully saturated rings. The Kier molecular flexibility index (Phi) is 7.04. The van der Waals surface area contributed by atoms with E-state index in [9.17, 15) is 9.36 Å². The molecular weight excluding hydrogens is 317 g/mol. The minimum atomic E-state index is -3.83. The van der Waals surface area contributed by atoms with E-state index < -0.39 is 13.8 Å². The van der Waals surface area contributed by atoms with Gasteiger partial charge in [0.15, 0.2) is 0 Å². The summed E-state index contributed by atoms with van der Waals surface area (Å²) >= 11 is 1.30. The SMILES string of the molecule is CCOP(=O)(OCC)ON=C(C(=O)OC)c1cc(C)cs1. The first-order valence-electron chi connectivity index (χ1n) is 6.25. The van der Waals surface area contributed by atoms with Gasteiger partial charge in [-0.3, -0.25) is 13.7 Å². The fourth-order valence-corrected chi connectivity index (χ4v) is 3.18. The lowest BCUT2D eigenvalue weighted by atomic mass is 10.2. The standard InChI is InChI=1S/C12H18NO6PS/c1-5-17-20(15,18-6-2)19-13-11(12(14)16-4)10-7-9(3)8-21-10/h7-8H,5-6H2,1-4H3. The number of phosphoric ester groups is 1. The molecule has 0 saturated heterocycles. The van der Waals surface area contributed by atoms with Gasteiger partial charge in [0, 0.05) is 0 Å². The summed E-state index contributed by atoms with van der Waals surface area (Å²) in [6.45, 7) is 5.41. The molecule has 0 aliphatic rings. The van der Waals surface area contributed by atoms with Gasteiger partial charge in [0.05, 0.1) is 25.2 Å². The van der Waals surface area contributed by atoms with E-state index in [2.05, 4.69) is 9.89 Å². The van der Waals surface area contributed by atoms with Crippen LogP contribution in [0.25, 0.3) is 0 Å². The van der Waals surface area contributed by atoms with Crippen LogP contribution in [0.3, 0.4) is 0 Å². The number of hydrogen-bond donors (Lipinski definition) is 0. The van der Waals surface area contributed by atoms with E-state index in [-0.39, 0.29) is 18.9 Å². The van der Waals surface area contributed by atoms with Gasteiger partial charge in [-0.15, -0.1) is 11.3 Å². The number of carbonyl (C=O) groups excluding carboxylic acids is 1. The van der Waals surface area contributed by atoms with Crippen molar-refractivity contribution in [1.82, 2.24) is 0 Å². The number of ether oxygens (including phenoxy) is 1. The molecule has 7 nitrogen and oxygen atoms in total. The van der Waals surface area contributed by atoms with E-state index in [1.165, 1.54) is 18.4 Å². The van der Waals surface area contributed by atoms with Gasteiger partial charge in [0.2, 0.25) is 5.71 Å². The van der Waals surface area contributed by atoms with Gasteiger partial charge in [0.1, 0.15) is 0 Å². The molecule has 0 atom stereocenters. The molecule has 9 heteroatoms. The molecule has 0 spiro atoms. The van der Waals surface area contributed by atoms with Crippen LogP contribution < -0.4 is 0 Å². The summed E-state index contributed by atoms with van der Waals surface area (Å²) in [5, 5.41) is 5.47. The monoisotopic (exact) mass is 335 g/mol. The first-order chi connectivity index (χ1) is 9.95. The van der Waals surface area contributed by atoms with Crippen LogP contribution in [-0.4, -0.2) is 32.0 Å². The van der Waals surface area contributed by atoms with Crippen molar-refractivity contribution in [2.45, 2.75) is 20.8 Å². The van der Waals surface area contributed by atoms with Crippen LogP contribution >= 0.6 is 19.2 Å². The molecule has 1 rings (SSSR count). The topological polar surface area (TPSA) is 83.4 Å². The summed E-state index contributed by atoms with van der Waals surface area (Å²) in [7, 11) is -2.60. The number of phosphoric acid groups is 1. The summed E-state index contributed by atoms with van der Waals surface area (Å²) in [5.74, 6) is -0.698. The molecule has 0 N–H and O–H groups in total. The largest absolute Gasteiger partial charge is 0.550 e. The molecule has 0 aliphatic heterocycles. The van der Waals surface area contributed by atoms with Crippen molar-refractivity contribution >= 4 is 30.8 Å². The van der Waals surface area contributed by atoms with E-state index in [1.807, 2.05) is 12.3 Å². The van der Waals surface area contributed by atoms with Gasteiger partial charge in [0.25, 0.3) is 0 Å². The third-order valence-electron chi connectivity index (χ3n) is 2.15. The summed E-state index contributed by atoms with van der Waals surface area (Å²) < 4.78 is 31.5. The quantitative estimate of drug-likeness (QED) is 0.314. The molecule has 0 saturated carbocycles. The summed E-state index contributed by atoms with van der Waals surface area (Å²) in [6, 6.07) is 1.75. The van der Waals surface area contributed by atoms with Crippen molar-refractivity contribution in [3.63, 3.8) is 0 Å². The second kappa shape index (κ2) is 8.29. The van der Waals surface area contributed by atoms with Gasteiger partial charge in [-0.05, 0) is 37.8 Å². The highest BCUT2D eigenvalue weighted by molar-refractivity contribution is 7.48. The zero-order valence-electron chi connectivity index (χ0n) is 12.3. The average molecular weight is 335 g/mol. The Morgan fingerprint density at radius 1 is 1.33 bits per heavy atom. The minimum Gasteiger partial charge on any atom is -0.464 e. The molecule has 1 aromatic rings. The van der Waals surface area contributed by atoms with Gasteiger partial charge in [-0.2, -0.15) is 0 Å². The average Bonchev–Trinajstić information content (AvgIpc) is 2.85. The highest BCUT2D eigenvalue weighted by Gasteiger charge is 2.29. The highest BCUT2D eigenvalue weighted by atomic mass is 32.1. The lowest BCUT2D eigenvalue weighted by Crippen LogP contribution is -2.16. The number of rotatable bonds is 8. The van der Waals surface area contributed by atoms with Crippen molar-refractivity contribution in [2.75, 3.05) is 20.3 Å². The summed E-state index contributed by atoms with van der Waals surface area (Å²) in [5.41, 5.74) is 0.875. The van der Waals surface area contributed by atoms with E-state index >= 15 is 0 Å². The van der Waals surface area contributed by atoms with Crippen molar-refractivity contribution in [3.05, 3.63) is 21.9 Å². The predicted octanol–water partition coefficient (Wildman–Crippen LogP) is 3.13. The number of thiophene rings is 1. The molecule has 0 unspecified atom stereocenters. The Morgan fingerprint density at radius 3 is 2.38 bits per heavy atom. The smallest absolute Gasteiger partial charge is 0.464 e. The molecule has 21 heavy (non-hydrogen) atoms. The van der Waals surface area contributed by atoms with Crippen molar-refractivity contribution < 1.29 is 27.8 Å². The second-order valence-electron chi connectivity index (χ2n) is 3.78. The van der Waals surface area contributed by atoms with Crippen LogP contribution in [-0.2, 0) is 27.8 Å². The lowest BCUT2D eigenvalue weighted by molar-refractivity contribution is -0.132. The second-order valence-corrected chi connectivity index (χ2v) is 6.27. The van der Waals surface area contributed by atoms with Crippen LogP contribution in [0.2, 0.25) is 0 Å². The number of esters is 1. The van der Waals surface area contributed by atoms with Crippen LogP contribution in [0.5, 0.6) is 0 Å². The molecule has 0 aliphatic carbocycles. The summed E-state index contributed by atoms with van der Waals surface area (Å²) in [6.07, 6.45) is 0. The number of aryl methyl sites for hydroxylation is 1. The lowest BCUT2D eigenvalue weighted by Gasteiger charge is -2.13. The molecule has 0 aromatic carbocycles. The molecule has 0 bridgehead atoms. The van der Waals surface area contributed by atoms with Crippen molar-refractivity contribution in [2.24, 2.45) is 5.16 Å². The van der Waals surface area contributed by atoms with E-state index in [4.69, 9.17) is 13.7 Å². The zero-order valence-corrected chi connectivity index (χ0v) is 14.0. The van der Waals surface area contributed by atoms with Gasteiger partial charge >= 0.3 is 13.8 Å². The fraction of sp³-hybridized carbons (Fsp3) is 0.500. The van der Waals surface area contributed by atoms with Crippen LogP contribution in [0.1, 0.15) is 24.3 Å². The van der Waals surface area contributed by atoms with Crippen LogP contribution in [0, 0.1) is 6.92 Å². The van der Waals surface area contributed by atoms with Gasteiger partial charge in [-0.25, -0.2) is 9.36 Å². The third kappa shape index (κ3) is 5.24. The van der Waals surface area contributed by atoms with E-state index in [1.54, 1.807) is 19.9 Å². The number of methoxy groups -OCH3 is 1. The normalized spacial score (nSPS) is 12.3. The van der Waals surface area contributed by atoms with E-state index in [0.717, 1.165) is 5.56 Å². The molecule has 1 heterocycles. The molecular formula is C12H18NO6PS. The number of carbonyl (C=O) groups is 1. The van der Waals surface area contributed by atoms with Crippen LogP contribution in [0.4, 0.5) is 0 Å². The Labute approximate surface area is 127 Å². The minimum absolute atomic E-state index is 0.0877. The Bertz CT molecular complexity index is 546. The molecule has 118 valence electrons.